The summed E-state index contributed by atoms with van der Waals surface area (Å²) in [6, 6.07) is 4.91. The van der Waals surface area contributed by atoms with Crippen LogP contribution in [0.5, 0.6) is 11.5 Å². The van der Waals surface area contributed by atoms with Crippen molar-refractivity contribution in [3.63, 3.8) is 0 Å². The predicted octanol–water partition coefficient (Wildman–Crippen LogP) is 1.47. The molecule has 112 valence electrons. The molecule has 2 N–H and O–H groups in total. The average Bonchev–Trinajstić information content (AvgIpc) is 2.48. The van der Waals surface area contributed by atoms with Gasteiger partial charge in [0.1, 0.15) is 11.5 Å². The summed E-state index contributed by atoms with van der Waals surface area (Å²) in [7, 11) is 1.50. The molecule has 0 unspecified atom stereocenters. The van der Waals surface area contributed by atoms with Gasteiger partial charge in [-0.3, -0.25) is 4.79 Å². The first kappa shape index (κ1) is 16.3. The zero-order chi connectivity index (χ0) is 15.7. The summed E-state index contributed by atoms with van der Waals surface area (Å²) in [5.41, 5.74) is 0.537. The summed E-state index contributed by atoms with van der Waals surface area (Å²) in [5, 5.41) is 11.2. The molecule has 0 fully saturated rings. The zero-order valence-electron chi connectivity index (χ0n) is 11.7. The van der Waals surface area contributed by atoms with Crippen molar-refractivity contribution < 1.29 is 24.2 Å². The number of hydrogen-bond donors (Lipinski definition) is 2. The van der Waals surface area contributed by atoms with Crippen molar-refractivity contribution in [2.75, 3.05) is 20.3 Å². The van der Waals surface area contributed by atoms with Crippen LogP contribution in [0.4, 0.5) is 0 Å². The molecule has 21 heavy (non-hydrogen) atoms. The Morgan fingerprint density at radius 3 is 2.81 bits per heavy atom. The standard InChI is InChI=1S/C15H17NO5/c1-3-8-16-14(17)10-21-13-9-12(20-2)6-4-11(13)5-7-15(18)19/h3-7,9H,1,8,10H2,2H3,(H,16,17)(H,18,19)/b7-5+. The van der Waals surface area contributed by atoms with Crippen LogP contribution in [-0.2, 0) is 9.59 Å². The topological polar surface area (TPSA) is 84.9 Å². The van der Waals surface area contributed by atoms with E-state index in [1.807, 2.05) is 0 Å². The average molecular weight is 291 g/mol. The Hall–Kier alpha value is -2.76. The number of nitrogens with one attached hydrogen (secondary N) is 1. The molecule has 0 saturated carbocycles. The maximum Gasteiger partial charge on any atom is 0.328 e. The number of amides is 1. The molecule has 0 spiro atoms. The van der Waals surface area contributed by atoms with Gasteiger partial charge in [-0.15, -0.1) is 6.58 Å². The summed E-state index contributed by atoms with van der Waals surface area (Å²) >= 11 is 0. The van der Waals surface area contributed by atoms with Crippen LogP contribution in [-0.4, -0.2) is 37.2 Å². The van der Waals surface area contributed by atoms with Crippen molar-refractivity contribution in [3.8, 4) is 11.5 Å². The molecule has 0 aliphatic carbocycles. The van der Waals surface area contributed by atoms with E-state index < -0.39 is 5.97 Å². The SMILES string of the molecule is C=CCNC(=O)COc1cc(OC)ccc1/C=C/C(=O)O. The highest BCUT2D eigenvalue weighted by atomic mass is 16.5. The van der Waals surface area contributed by atoms with Crippen LogP contribution in [0.1, 0.15) is 5.56 Å². The number of carbonyl (C=O) groups excluding carboxylic acids is 1. The minimum Gasteiger partial charge on any atom is -0.497 e. The third-order valence-corrected chi connectivity index (χ3v) is 2.43. The number of carbonyl (C=O) groups is 2. The maximum absolute atomic E-state index is 11.5. The third kappa shape index (κ3) is 5.82. The number of ether oxygens (including phenoxy) is 2. The number of carboxylic acids is 1. The smallest absolute Gasteiger partial charge is 0.328 e. The molecule has 0 radical (unpaired) electrons. The van der Waals surface area contributed by atoms with Gasteiger partial charge in [-0.1, -0.05) is 6.08 Å². The molecule has 1 aromatic carbocycles. The van der Waals surface area contributed by atoms with E-state index in [4.69, 9.17) is 14.6 Å². The molecule has 6 heteroatoms. The monoisotopic (exact) mass is 291 g/mol. The Morgan fingerprint density at radius 1 is 1.43 bits per heavy atom. The number of hydrogen-bond acceptors (Lipinski definition) is 4. The first-order chi connectivity index (χ1) is 10.1. The summed E-state index contributed by atoms with van der Waals surface area (Å²) in [5.74, 6) is -0.462. The fourth-order valence-electron chi connectivity index (χ4n) is 1.45. The van der Waals surface area contributed by atoms with Crippen molar-refractivity contribution in [2.45, 2.75) is 0 Å². The summed E-state index contributed by atoms with van der Waals surface area (Å²) in [6.07, 6.45) is 3.94. The van der Waals surface area contributed by atoms with Gasteiger partial charge in [0, 0.05) is 24.3 Å². The minimum atomic E-state index is -1.07. The predicted molar refractivity (Wildman–Crippen MR) is 78.4 cm³/mol. The van der Waals surface area contributed by atoms with E-state index in [2.05, 4.69) is 11.9 Å². The van der Waals surface area contributed by atoms with E-state index in [-0.39, 0.29) is 12.5 Å². The molecule has 0 aromatic heterocycles. The minimum absolute atomic E-state index is 0.186. The quantitative estimate of drug-likeness (QED) is 0.559. The summed E-state index contributed by atoms with van der Waals surface area (Å²) in [6.45, 7) is 3.66. The normalized spacial score (nSPS) is 10.1. The van der Waals surface area contributed by atoms with Crippen LogP contribution >= 0.6 is 0 Å². The molecule has 0 saturated heterocycles. The Balaban J connectivity index is 2.83. The lowest BCUT2D eigenvalue weighted by molar-refractivity contribution is -0.131. The van der Waals surface area contributed by atoms with Gasteiger partial charge < -0.3 is 19.9 Å². The van der Waals surface area contributed by atoms with E-state index in [9.17, 15) is 9.59 Å². The first-order valence-corrected chi connectivity index (χ1v) is 6.16. The van der Waals surface area contributed by atoms with Gasteiger partial charge in [-0.25, -0.2) is 4.79 Å². The third-order valence-electron chi connectivity index (χ3n) is 2.43. The van der Waals surface area contributed by atoms with Gasteiger partial charge in [0.25, 0.3) is 5.91 Å². The van der Waals surface area contributed by atoms with Crippen LogP contribution in [0, 0.1) is 0 Å². The fourth-order valence-corrected chi connectivity index (χ4v) is 1.45. The number of aliphatic carboxylic acids is 1. The van der Waals surface area contributed by atoms with Crippen LogP contribution in [0.2, 0.25) is 0 Å². The second kappa shape index (κ2) is 8.42. The molecule has 0 aliphatic heterocycles. The van der Waals surface area contributed by atoms with E-state index in [0.29, 0.717) is 23.6 Å². The van der Waals surface area contributed by atoms with E-state index >= 15 is 0 Å². The molecule has 1 rings (SSSR count). The Kier molecular flexibility index (Phi) is 6.53. The molecule has 0 bridgehead atoms. The molecule has 1 aromatic rings. The zero-order valence-corrected chi connectivity index (χ0v) is 11.7. The van der Waals surface area contributed by atoms with E-state index in [0.717, 1.165) is 6.08 Å². The lowest BCUT2D eigenvalue weighted by Gasteiger charge is -2.10. The van der Waals surface area contributed by atoms with Crippen LogP contribution < -0.4 is 14.8 Å². The number of carboxylic acid groups (broad SMARTS) is 1. The lowest BCUT2D eigenvalue weighted by Crippen LogP contribution is -2.28. The van der Waals surface area contributed by atoms with Crippen molar-refractivity contribution in [2.24, 2.45) is 0 Å². The highest BCUT2D eigenvalue weighted by molar-refractivity contribution is 5.86. The Labute approximate surface area is 122 Å². The molecule has 0 heterocycles. The summed E-state index contributed by atoms with van der Waals surface area (Å²) < 4.78 is 10.5. The summed E-state index contributed by atoms with van der Waals surface area (Å²) in [4.78, 5) is 22.0. The van der Waals surface area contributed by atoms with E-state index in [1.54, 1.807) is 24.3 Å². The highest BCUT2D eigenvalue weighted by Crippen LogP contribution is 2.26. The molecular weight excluding hydrogens is 274 g/mol. The van der Waals surface area contributed by atoms with Gasteiger partial charge >= 0.3 is 5.97 Å². The van der Waals surface area contributed by atoms with Crippen molar-refractivity contribution in [1.29, 1.82) is 0 Å². The number of rotatable bonds is 8. The molecule has 6 nitrogen and oxygen atoms in total. The van der Waals surface area contributed by atoms with Crippen LogP contribution in [0.15, 0.2) is 36.9 Å². The van der Waals surface area contributed by atoms with Gasteiger partial charge in [-0.2, -0.15) is 0 Å². The first-order valence-electron chi connectivity index (χ1n) is 6.16. The van der Waals surface area contributed by atoms with Crippen LogP contribution in [0.25, 0.3) is 6.08 Å². The second-order valence-electron chi connectivity index (χ2n) is 3.96. The number of benzene rings is 1. The molecule has 1 amide bonds. The van der Waals surface area contributed by atoms with E-state index in [1.165, 1.54) is 13.2 Å². The Bertz CT molecular complexity index is 551. The number of methoxy groups -OCH3 is 1. The van der Waals surface area contributed by atoms with Gasteiger partial charge in [0.2, 0.25) is 0 Å². The van der Waals surface area contributed by atoms with Gasteiger partial charge in [0.15, 0.2) is 6.61 Å². The van der Waals surface area contributed by atoms with Crippen molar-refractivity contribution in [1.82, 2.24) is 5.32 Å². The second-order valence-corrected chi connectivity index (χ2v) is 3.96. The Morgan fingerprint density at radius 2 is 2.19 bits per heavy atom. The lowest BCUT2D eigenvalue weighted by atomic mass is 10.1. The van der Waals surface area contributed by atoms with Crippen LogP contribution in [0.3, 0.4) is 0 Å². The molecule has 0 aliphatic rings. The largest absolute Gasteiger partial charge is 0.497 e. The molecule has 0 atom stereocenters. The fraction of sp³-hybridized carbons (Fsp3) is 0.200. The highest BCUT2D eigenvalue weighted by Gasteiger charge is 2.07. The van der Waals surface area contributed by atoms with Crippen molar-refractivity contribution in [3.05, 3.63) is 42.5 Å². The van der Waals surface area contributed by atoms with Gasteiger partial charge in [-0.05, 0) is 18.2 Å². The molecular formula is C15H17NO5. The van der Waals surface area contributed by atoms with Gasteiger partial charge in [0.05, 0.1) is 7.11 Å². The maximum atomic E-state index is 11.5. The van der Waals surface area contributed by atoms with Crippen molar-refractivity contribution >= 4 is 18.0 Å².